The molecule has 28 heavy (non-hydrogen) atoms. The van der Waals surface area contributed by atoms with Crippen molar-refractivity contribution in [3.63, 3.8) is 0 Å². The number of fused-ring (bicyclic) bond motifs is 1. The number of esters is 1. The zero-order chi connectivity index (χ0) is 20.1. The Morgan fingerprint density at radius 2 is 1.89 bits per heavy atom. The molecule has 1 aliphatic rings. The van der Waals surface area contributed by atoms with Crippen molar-refractivity contribution in [3.8, 4) is 17.2 Å². The molecule has 0 bridgehead atoms. The lowest BCUT2D eigenvalue weighted by molar-refractivity contribution is -0.124. The van der Waals surface area contributed by atoms with E-state index in [-0.39, 0.29) is 11.6 Å². The number of hydrogen-bond donors (Lipinski definition) is 1. The summed E-state index contributed by atoms with van der Waals surface area (Å²) in [5.41, 5.74) is 1.10. The average Bonchev–Trinajstić information content (AvgIpc) is 2.71. The minimum absolute atomic E-state index is 0.208. The van der Waals surface area contributed by atoms with Crippen molar-refractivity contribution in [3.05, 3.63) is 52.5 Å². The van der Waals surface area contributed by atoms with Crippen LogP contribution in [0.3, 0.4) is 0 Å². The van der Waals surface area contributed by atoms with Crippen molar-refractivity contribution < 1.29 is 28.5 Å². The first-order valence-electron chi connectivity index (χ1n) is 8.67. The maximum absolute atomic E-state index is 12.3. The summed E-state index contributed by atoms with van der Waals surface area (Å²) in [6, 6.07) is 9.88. The van der Waals surface area contributed by atoms with Crippen LogP contribution in [0.4, 0.5) is 0 Å². The number of carbonyl (C=O) groups excluding carboxylic acids is 2. The molecule has 0 radical (unpaired) electrons. The van der Waals surface area contributed by atoms with Crippen LogP contribution in [0, 0.1) is 0 Å². The van der Waals surface area contributed by atoms with E-state index in [1.54, 1.807) is 12.1 Å². The molecule has 0 aromatic heterocycles. The molecule has 7 nitrogen and oxygen atoms in total. The lowest BCUT2D eigenvalue weighted by Crippen LogP contribution is -2.31. The molecule has 2 aromatic carbocycles. The number of rotatable bonds is 6. The monoisotopic (exact) mass is 405 g/mol. The van der Waals surface area contributed by atoms with Crippen molar-refractivity contribution in [1.82, 2.24) is 5.32 Å². The van der Waals surface area contributed by atoms with E-state index in [4.69, 9.17) is 30.5 Å². The molecule has 1 atom stereocenters. The average molecular weight is 406 g/mol. The number of nitrogens with one attached hydrogen (secondary N) is 1. The maximum Gasteiger partial charge on any atom is 0.338 e. The summed E-state index contributed by atoms with van der Waals surface area (Å²) < 4.78 is 21.3. The molecule has 0 unspecified atom stereocenters. The fourth-order valence-corrected chi connectivity index (χ4v) is 2.85. The maximum atomic E-state index is 12.3. The van der Waals surface area contributed by atoms with E-state index >= 15 is 0 Å². The van der Waals surface area contributed by atoms with Crippen LogP contribution in [0.15, 0.2) is 36.4 Å². The third kappa shape index (κ3) is 4.67. The highest BCUT2D eigenvalue weighted by molar-refractivity contribution is 6.30. The van der Waals surface area contributed by atoms with Gasteiger partial charge in [0.1, 0.15) is 13.2 Å². The Labute approximate surface area is 167 Å². The highest BCUT2D eigenvalue weighted by Crippen LogP contribution is 2.40. The van der Waals surface area contributed by atoms with Gasteiger partial charge in [0.2, 0.25) is 5.75 Å². The molecule has 1 heterocycles. The number of benzene rings is 2. The van der Waals surface area contributed by atoms with Crippen LogP contribution in [0.2, 0.25) is 5.02 Å². The van der Waals surface area contributed by atoms with Crippen molar-refractivity contribution in [2.75, 3.05) is 26.9 Å². The smallest absolute Gasteiger partial charge is 0.338 e. The van der Waals surface area contributed by atoms with Crippen LogP contribution in [-0.4, -0.2) is 38.8 Å². The summed E-state index contributed by atoms with van der Waals surface area (Å²) in [7, 11) is 1.47. The predicted octanol–water partition coefficient (Wildman–Crippen LogP) is 3.15. The standard InChI is InChI=1S/C20H20ClNO6/c1-12(13-3-5-15(21)6-4-13)22-18(23)11-28-20(24)14-9-16(25-2)19-17(10-14)26-7-8-27-19/h3-6,9-10,12H,7-8,11H2,1-2H3,(H,22,23)/t12-/m1/s1. The molecule has 148 valence electrons. The second-order valence-electron chi connectivity index (χ2n) is 6.12. The zero-order valence-electron chi connectivity index (χ0n) is 15.5. The zero-order valence-corrected chi connectivity index (χ0v) is 16.2. The molecule has 1 amide bonds. The summed E-state index contributed by atoms with van der Waals surface area (Å²) in [5.74, 6) is 0.132. The lowest BCUT2D eigenvalue weighted by atomic mass is 10.1. The van der Waals surface area contributed by atoms with Gasteiger partial charge in [0.25, 0.3) is 5.91 Å². The predicted molar refractivity (Wildman–Crippen MR) is 102 cm³/mol. The van der Waals surface area contributed by atoms with Crippen LogP contribution >= 0.6 is 11.6 Å². The first kappa shape index (κ1) is 19.8. The Balaban J connectivity index is 1.59. The highest BCUT2D eigenvalue weighted by atomic mass is 35.5. The van der Waals surface area contributed by atoms with Crippen molar-refractivity contribution in [2.24, 2.45) is 0 Å². The summed E-state index contributed by atoms with van der Waals surface area (Å²) in [6.07, 6.45) is 0. The molecule has 1 aliphatic heterocycles. The van der Waals surface area contributed by atoms with Gasteiger partial charge in [-0.25, -0.2) is 4.79 Å². The largest absolute Gasteiger partial charge is 0.493 e. The van der Waals surface area contributed by atoms with Gasteiger partial charge in [-0.05, 0) is 36.8 Å². The summed E-state index contributed by atoms with van der Waals surface area (Å²) >= 11 is 5.86. The van der Waals surface area contributed by atoms with Gasteiger partial charge in [-0.15, -0.1) is 0 Å². The Bertz CT molecular complexity index is 850. The molecule has 0 aliphatic carbocycles. The van der Waals surface area contributed by atoms with Crippen molar-refractivity contribution >= 4 is 23.5 Å². The third-order valence-electron chi connectivity index (χ3n) is 4.15. The number of carbonyl (C=O) groups is 2. The summed E-state index contributed by atoms with van der Waals surface area (Å²) in [4.78, 5) is 24.4. The summed E-state index contributed by atoms with van der Waals surface area (Å²) in [5, 5.41) is 3.38. The fraction of sp³-hybridized carbons (Fsp3) is 0.300. The SMILES string of the molecule is COc1cc(C(=O)OCC(=O)N[C@H](C)c2ccc(Cl)cc2)cc2c1OCCO2. The normalized spacial score (nSPS) is 13.4. The number of amides is 1. The first-order valence-corrected chi connectivity index (χ1v) is 9.05. The quantitative estimate of drug-likeness (QED) is 0.743. The van der Waals surface area contributed by atoms with Crippen molar-refractivity contribution in [1.29, 1.82) is 0 Å². The minimum atomic E-state index is -0.662. The Hall–Kier alpha value is -2.93. The van der Waals surface area contributed by atoms with Gasteiger partial charge in [-0.2, -0.15) is 0 Å². The highest BCUT2D eigenvalue weighted by Gasteiger charge is 2.22. The first-order chi connectivity index (χ1) is 13.5. The molecule has 0 saturated carbocycles. The van der Waals surface area contributed by atoms with Gasteiger partial charge < -0.3 is 24.3 Å². The molecule has 0 spiro atoms. The third-order valence-corrected chi connectivity index (χ3v) is 4.40. The van der Waals surface area contributed by atoms with E-state index in [1.807, 2.05) is 19.1 Å². The van der Waals surface area contributed by atoms with E-state index in [0.29, 0.717) is 35.5 Å². The molecule has 1 N–H and O–H groups in total. The van der Waals surface area contributed by atoms with Crippen LogP contribution in [0.5, 0.6) is 17.2 Å². The topological polar surface area (TPSA) is 83.1 Å². The summed E-state index contributed by atoms with van der Waals surface area (Å²) in [6.45, 7) is 2.20. The van der Waals surface area contributed by atoms with Gasteiger partial charge >= 0.3 is 5.97 Å². The second kappa shape index (κ2) is 8.84. The molecular weight excluding hydrogens is 386 g/mol. The Morgan fingerprint density at radius 1 is 1.18 bits per heavy atom. The van der Waals surface area contributed by atoms with Crippen LogP contribution in [0.1, 0.15) is 28.9 Å². The van der Waals surface area contributed by atoms with Gasteiger partial charge in [0.05, 0.1) is 18.7 Å². The molecule has 2 aromatic rings. The van der Waals surface area contributed by atoms with Gasteiger partial charge in [0, 0.05) is 5.02 Å². The number of halogens is 1. The van der Waals surface area contributed by atoms with E-state index in [0.717, 1.165) is 5.56 Å². The van der Waals surface area contributed by atoms with Gasteiger partial charge in [0.15, 0.2) is 18.1 Å². The number of ether oxygens (including phenoxy) is 4. The Morgan fingerprint density at radius 3 is 2.61 bits per heavy atom. The number of hydrogen-bond acceptors (Lipinski definition) is 6. The minimum Gasteiger partial charge on any atom is -0.493 e. The van der Waals surface area contributed by atoms with Crippen LogP contribution in [-0.2, 0) is 9.53 Å². The van der Waals surface area contributed by atoms with E-state index < -0.39 is 18.5 Å². The van der Waals surface area contributed by atoms with Crippen LogP contribution < -0.4 is 19.5 Å². The van der Waals surface area contributed by atoms with E-state index in [1.165, 1.54) is 19.2 Å². The van der Waals surface area contributed by atoms with Gasteiger partial charge in [-0.3, -0.25) is 4.79 Å². The fourth-order valence-electron chi connectivity index (χ4n) is 2.72. The molecular formula is C20H20ClNO6. The van der Waals surface area contributed by atoms with Crippen molar-refractivity contribution in [2.45, 2.75) is 13.0 Å². The lowest BCUT2D eigenvalue weighted by Gasteiger charge is -2.21. The number of methoxy groups -OCH3 is 1. The Kier molecular flexibility index (Phi) is 6.26. The van der Waals surface area contributed by atoms with Crippen LogP contribution in [0.25, 0.3) is 0 Å². The second-order valence-corrected chi connectivity index (χ2v) is 6.56. The molecule has 8 heteroatoms. The van der Waals surface area contributed by atoms with E-state index in [2.05, 4.69) is 5.32 Å². The van der Waals surface area contributed by atoms with Gasteiger partial charge in [-0.1, -0.05) is 23.7 Å². The molecule has 3 rings (SSSR count). The molecule has 0 saturated heterocycles. The molecule has 0 fully saturated rings. The van der Waals surface area contributed by atoms with E-state index in [9.17, 15) is 9.59 Å².